The van der Waals surface area contributed by atoms with E-state index in [1.165, 1.54) is 5.56 Å². The van der Waals surface area contributed by atoms with Gasteiger partial charge in [-0.2, -0.15) is 11.8 Å². The summed E-state index contributed by atoms with van der Waals surface area (Å²) in [6.45, 7) is 2.06. The highest BCUT2D eigenvalue weighted by molar-refractivity contribution is 7.98. The first kappa shape index (κ1) is 16.6. The highest BCUT2D eigenvalue weighted by Crippen LogP contribution is 2.16. The van der Waals surface area contributed by atoms with E-state index in [2.05, 4.69) is 5.32 Å². The molecule has 22 heavy (non-hydrogen) atoms. The second kappa shape index (κ2) is 8.61. The van der Waals surface area contributed by atoms with Gasteiger partial charge in [0.2, 0.25) is 5.91 Å². The third-order valence-electron chi connectivity index (χ3n) is 3.37. The van der Waals surface area contributed by atoms with E-state index >= 15 is 0 Å². The van der Waals surface area contributed by atoms with Crippen molar-refractivity contribution in [3.63, 3.8) is 0 Å². The summed E-state index contributed by atoms with van der Waals surface area (Å²) in [5.41, 5.74) is 4.09. The van der Waals surface area contributed by atoms with Crippen LogP contribution < -0.4 is 5.32 Å². The molecule has 2 rings (SSSR count). The Morgan fingerprint density at radius 3 is 2.45 bits per heavy atom. The van der Waals surface area contributed by atoms with Gasteiger partial charge in [-0.15, -0.1) is 0 Å². The number of hydrogen-bond donors (Lipinski definition) is 2. The van der Waals surface area contributed by atoms with Crippen molar-refractivity contribution in [3.8, 4) is 0 Å². The summed E-state index contributed by atoms with van der Waals surface area (Å²) in [6.07, 6.45) is 0.508. The van der Waals surface area contributed by atoms with Gasteiger partial charge in [0.15, 0.2) is 0 Å². The predicted octanol–water partition coefficient (Wildman–Crippen LogP) is 3.75. The largest absolute Gasteiger partial charge is 0.392 e. The van der Waals surface area contributed by atoms with Crippen LogP contribution >= 0.6 is 11.8 Å². The van der Waals surface area contributed by atoms with Crippen molar-refractivity contribution in [3.05, 3.63) is 65.2 Å². The lowest BCUT2D eigenvalue weighted by atomic mass is 10.2. The molecule has 3 nitrogen and oxygen atoms in total. The first-order valence-electron chi connectivity index (χ1n) is 7.31. The first-order valence-corrected chi connectivity index (χ1v) is 8.46. The lowest BCUT2D eigenvalue weighted by Gasteiger charge is -2.08. The van der Waals surface area contributed by atoms with Gasteiger partial charge in [0, 0.05) is 23.6 Å². The van der Waals surface area contributed by atoms with Gasteiger partial charge in [-0.1, -0.05) is 42.5 Å². The Kier molecular flexibility index (Phi) is 6.49. The Labute approximate surface area is 135 Å². The molecule has 4 heteroatoms. The van der Waals surface area contributed by atoms with E-state index in [1.807, 2.05) is 55.5 Å². The molecule has 2 N–H and O–H groups in total. The normalized spacial score (nSPS) is 10.5. The van der Waals surface area contributed by atoms with Crippen molar-refractivity contribution in [2.75, 3.05) is 11.1 Å². The molecular weight excluding hydrogens is 294 g/mol. The van der Waals surface area contributed by atoms with Gasteiger partial charge in [-0.05, 0) is 29.7 Å². The fourth-order valence-electron chi connectivity index (χ4n) is 2.02. The minimum Gasteiger partial charge on any atom is -0.392 e. The Balaban J connectivity index is 1.69. The van der Waals surface area contributed by atoms with Crippen LogP contribution in [0.15, 0.2) is 48.5 Å². The Morgan fingerprint density at radius 1 is 1.09 bits per heavy atom. The van der Waals surface area contributed by atoms with Gasteiger partial charge < -0.3 is 10.4 Å². The van der Waals surface area contributed by atoms with Crippen molar-refractivity contribution in [1.82, 2.24) is 0 Å². The molecule has 0 saturated carbocycles. The van der Waals surface area contributed by atoms with E-state index in [0.29, 0.717) is 6.42 Å². The number of amides is 1. The molecule has 0 radical (unpaired) electrons. The highest BCUT2D eigenvalue weighted by atomic mass is 32.2. The van der Waals surface area contributed by atoms with E-state index in [-0.39, 0.29) is 12.5 Å². The lowest BCUT2D eigenvalue weighted by molar-refractivity contribution is -0.115. The van der Waals surface area contributed by atoms with Gasteiger partial charge >= 0.3 is 0 Å². The summed E-state index contributed by atoms with van der Waals surface area (Å²) in [7, 11) is 0. The van der Waals surface area contributed by atoms with Crippen LogP contribution in [0.3, 0.4) is 0 Å². The molecule has 0 bridgehead atoms. The Morgan fingerprint density at radius 2 is 1.77 bits per heavy atom. The number of benzene rings is 2. The van der Waals surface area contributed by atoms with Crippen LogP contribution in [0.25, 0.3) is 0 Å². The monoisotopic (exact) mass is 315 g/mol. The number of anilines is 1. The maximum absolute atomic E-state index is 11.9. The number of rotatable bonds is 7. The molecule has 0 aromatic heterocycles. The van der Waals surface area contributed by atoms with Gasteiger partial charge in [-0.25, -0.2) is 0 Å². The average molecular weight is 315 g/mol. The number of thioether (sulfide) groups is 1. The van der Waals surface area contributed by atoms with Crippen molar-refractivity contribution in [2.45, 2.75) is 25.7 Å². The fraction of sp³-hybridized carbons (Fsp3) is 0.278. The number of aryl methyl sites for hydroxylation is 1. The van der Waals surface area contributed by atoms with E-state index in [0.717, 1.165) is 28.3 Å². The molecule has 0 aliphatic carbocycles. The standard InChI is InChI=1S/C18H21NO2S/c1-14-4-2-3-5-17(14)19-18(21)10-11-22-13-16-8-6-15(12-20)7-9-16/h2-9,20H,10-13H2,1H3,(H,19,21). The smallest absolute Gasteiger partial charge is 0.225 e. The number of nitrogens with one attached hydrogen (secondary N) is 1. The molecule has 0 fully saturated rings. The summed E-state index contributed by atoms with van der Waals surface area (Å²) in [6, 6.07) is 15.7. The fourth-order valence-corrected chi connectivity index (χ4v) is 2.92. The van der Waals surface area contributed by atoms with E-state index in [4.69, 9.17) is 5.11 Å². The number of carbonyl (C=O) groups is 1. The lowest BCUT2D eigenvalue weighted by Crippen LogP contribution is -2.13. The molecule has 0 aliphatic heterocycles. The minimum absolute atomic E-state index is 0.0532. The third kappa shape index (κ3) is 5.20. The summed E-state index contributed by atoms with van der Waals surface area (Å²) in [5, 5.41) is 11.9. The summed E-state index contributed by atoms with van der Waals surface area (Å²) < 4.78 is 0. The molecule has 0 atom stereocenters. The molecular formula is C18H21NO2S. The van der Waals surface area contributed by atoms with Crippen molar-refractivity contribution in [2.24, 2.45) is 0 Å². The molecule has 2 aromatic rings. The predicted molar refractivity (Wildman–Crippen MR) is 93.0 cm³/mol. The number of carbonyl (C=O) groups excluding carboxylic acids is 1. The number of aliphatic hydroxyl groups is 1. The first-order chi connectivity index (χ1) is 10.7. The zero-order valence-corrected chi connectivity index (χ0v) is 13.5. The second-order valence-corrected chi connectivity index (χ2v) is 6.25. The zero-order valence-electron chi connectivity index (χ0n) is 12.7. The van der Waals surface area contributed by atoms with Crippen LogP contribution in [-0.4, -0.2) is 16.8 Å². The van der Waals surface area contributed by atoms with Crippen LogP contribution in [0.4, 0.5) is 5.69 Å². The summed E-state index contributed by atoms with van der Waals surface area (Å²) in [4.78, 5) is 11.9. The molecule has 0 saturated heterocycles. The van der Waals surface area contributed by atoms with Gasteiger partial charge in [0.1, 0.15) is 0 Å². The van der Waals surface area contributed by atoms with E-state index < -0.39 is 0 Å². The molecule has 116 valence electrons. The maximum Gasteiger partial charge on any atom is 0.225 e. The molecule has 0 aliphatic rings. The number of aliphatic hydroxyl groups excluding tert-OH is 1. The maximum atomic E-state index is 11.9. The van der Waals surface area contributed by atoms with Gasteiger partial charge in [-0.3, -0.25) is 4.79 Å². The summed E-state index contributed by atoms with van der Waals surface area (Å²) in [5.74, 6) is 1.72. The molecule has 1 amide bonds. The van der Waals surface area contributed by atoms with Crippen molar-refractivity contribution >= 4 is 23.4 Å². The molecule has 2 aromatic carbocycles. The zero-order chi connectivity index (χ0) is 15.8. The number of hydrogen-bond acceptors (Lipinski definition) is 3. The second-order valence-electron chi connectivity index (χ2n) is 5.14. The van der Waals surface area contributed by atoms with Crippen LogP contribution in [0, 0.1) is 6.92 Å². The third-order valence-corrected chi connectivity index (χ3v) is 4.40. The molecule has 0 unspecified atom stereocenters. The SMILES string of the molecule is Cc1ccccc1NC(=O)CCSCc1ccc(CO)cc1. The van der Waals surface area contributed by atoms with Gasteiger partial charge in [0.25, 0.3) is 0 Å². The quantitative estimate of drug-likeness (QED) is 0.765. The van der Waals surface area contributed by atoms with E-state index in [1.54, 1.807) is 11.8 Å². The van der Waals surface area contributed by atoms with Crippen molar-refractivity contribution in [1.29, 1.82) is 0 Å². The molecule has 0 spiro atoms. The van der Waals surface area contributed by atoms with Crippen LogP contribution in [0.1, 0.15) is 23.1 Å². The average Bonchev–Trinajstić information content (AvgIpc) is 2.54. The Bertz CT molecular complexity index is 611. The topological polar surface area (TPSA) is 49.3 Å². The van der Waals surface area contributed by atoms with Crippen molar-refractivity contribution < 1.29 is 9.90 Å². The highest BCUT2D eigenvalue weighted by Gasteiger charge is 2.04. The Hall–Kier alpha value is -1.78. The van der Waals surface area contributed by atoms with Crippen LogP contribution in [0.2, 0.25) is 0 Å². The van der Waals surface area contributed by atoms with E-state index in [9.17, 15) is 4.79 Å². The van der Waals surface area contributed by atoms with Gasteiger partial charge in [0.05, 0.1) is 6.61 Å². The van der Waals surface area contributed by atoms with Crippen LogP contribution in [-0.2, 0) is 17.2 Å². The minimum atomic E-state index is 0.0532. The van der Waals surface area contributed by atoms with Crippen LogP contribution in [0.5, 0.6) is 0 Å². The summed E-state index contributed by atoms with van der Waals surface area (Å²) >= 11 is 1.74. The number of para-hydroxylation sites is 1. The molecule has 0 heterocycles.